The van der Waals surface area contributed by atoms with Crippen molar-refractivity contribution in [2.75, 3.05) is 14.2 Å². The lowest BCUT2D eigenvalue weighted by Gasteiger charge is -2.16. The van der Waals surface area contributed by atoms with Crippen LogP contribution in [0, 0.1) is 5.82 Å². The highest BCUT2D eigenvalue weighted by Crippen LogP contribution is 2.31. The van der Waals surface area contributed by atoms with Crippen molar-refractivity contribution in [2.45, 2.75) is 19.5 Å². The van der Waals surface area contributed by atoms with Crippen molar-refractivity contribution in [1.82, 2.24) is 5.32 Å². The minimum absolute atomic E-state index is 0.177. The lowest BCUT2D eigenvalue weighted by atomic mass is 10.0. The molecule has 0 aromatic heterocycles. The van der Waals surface area contributed by atoms with Crippen LogP contribution in [0.5, 0.6) is 11.5 Å². The van der Waals surface area contributed by atoms with E-state index in [0.717, 1.165) is 28.2 Å². The van der Waals surface area contributed by atoms with Crippen molar-refractivity contribution in [3.8, 4) is 22.6 Å². The molecule has 0 unspecified atom stereocenters. The summed E-state index contributed by atoms with van der Waals surface area (Å²) >= 11 is 0. The van der Waals surface area contributed by atoms with Crippen LogP contribution in [0.25, 0.3) is 11.1 Å². The van der Waals surface area contributed by atoms with E-state index in [4.69, 9.17) is 9.47 Å². The van der Waals surface area contributed by atoms with Gasteiger partial charge in [-0.25, -0.2) is 4.39 Å². The molecule has 0 aliphatic carbocycles. The lowest BCUT2D eigenvalue weighted by molar-refractivity contribution is 0.413. The largest absolute Gasteiger partial charge is 0.497 e. The van der Waals surface area contributed by atoms with Crippen LogP contribution >= 0.6 is 0 Å². The maximum atomic E-state index is 13.2. The van der Waals surface area contributed by atoms with Gasteiger partial charge in [-0.3, -0.25) is 0 Å². The van der Waals surface area contributed by atoms with Crippen LogP contribution in [0.3, 0.4) is 0 Å². The van der Waals surface area contributed by atoms with Crippen LogP contribution in [0.1, 0.15) is 24.1 Å². The van der Waals surface area contributed by atoms with Crippen molar-refractivity contribution in [3.63, 3.8) is 0 Å². The molecule has 27 heavy (non-hydrogen) atoms. The van der Waals surface area contributed by atoms with Gasteiger partial charge in [0.2, 0.25) is 0 Å². The number of methoxy groups -OCH3 is 2. The van der Waals surface area contributed by atoms with Gasteiger partial charge >= 0.3 is 0 Å². The fourth-order valence-electron chi connectivity index (χ4n) is 3.02. The first kappa shape index (κ1) is 18.9. The Morgan fingerprint density at radius 2 is 1.70 bits per heavy atom. The van der Waals surface area contributed by atoms with Crippen LogP contribution in [0.4, 0.5) is 4.39 Å². The second-order valence-electron chi connectivity index (χ2n) is 6.42. The van der Waals surface area contributed by atoms with Gasteiger partial charge < -0.3 is 14.8 Å². The molecule has 1 N–H and O–H groups in total. The Hall–Kier alpha value is -2.85. The molecule has 3 aromatic rings. The summed E-state index contributed by atoms with van der Waals surface area (Å²) in [6, 6.07) is 20.8. The number of ether oxygens (including phenoxy) is 2. The number of halogens is 1. The summed E-state index contributed by atoms with van der Waals surface area (Å²) in [6.45, 7) is 2.83. The Bertz CT molecular complexity index is 893. The smallest absolute Gasteiger partial charge is 0.126 e. The Morgan fingerprint density at radius 1 is 0.926 bits per heavy atom. The highest BCUT2D eigenvalue weighted by atomic mass is 19.1. The predicted molar refractivity (Wildman–Crippen MR) is 107 cm³/mol. The summed E-state index contributed by atoms with van der Waals surface area (Å²) in [5.41, 5.74) is 4.17. The van der Waals surface area contributed by atoms with Gasteiger partial charge in [-0.05, 0) is 60.0 Å². The summed E-state index contributed by atoms with van der Waals surface area (Å²) in [5.74, 6) is 1.37. The summed E-state index contributed by atoms with van der Waals surface area (Å²) in [4.78, 5) is 0. The summed E-state index contributed by atoms with van der Waals surface area (Å²) in [7, 11) is 3.32. The predicted octanol–water partition coefficient (Wildman–Crippen LogP) is 5.36. The van der Waals surface area contributed by atoms with Crippen LogP contribution < -0.4 is 14.8 Å². The number of hydrogen-bond acceptors (Lipinski definition) is 3. The van der Waals surface area contributed by atoms with E-state index >= 15 is 0 Å². The number of hydrogen-bond donors (Lipinski definition) is 1. The van der Waals surface area contributed by atoms with E-state index in [1.54, 1.807) is 26.4 Å². The van der Waals surface area contributed by atoms with E-state index in [1.165, 1.54) is 17.7 Å². The molecular weight excluding hydrogens is 341 g/mol. The Balaban J connectivity index is 1.77. The quantitative estimate of drug-likeness (QED) is 0.611. The van der Waals surface area contributed by atoms with Crippen LogP contribution in [0.2, 0.25) is 0 Å². The average Bonchev–Trinajstić information content (AvgIpc) is 2.72. The third kappa shape index (κ3) is 4.66. The topological polar surface area (TPSA) is 30.5 Å². The van der Waals surface area contributed by atoms with E-state index in [-0.39, 0.29) is 11.9 Å². The molecule has 1 atom stereocenters. The molecule has 0 amide bonds. The van der Waals surface area contributed by atoms with Crippen molar-refractivity contribution in [2.24, 2.45) is 0 Å². The van der Waals surface area contributed by atoms with Gasteiger partial charge in [-0.1, -0.05) is 30.3 Å². The Labute approximate surface area is 159 Å². The van der Waals surface area contributed by atoms with Gasteiger partial charge in [0, 0.05) is 18.2 Å². The third-order valence-corrected chi connectivity index (χ3v) is 4.63. The maximum Gasteiger partial charge on any atom is 0.126 e. The first-order valence-electron chi connectivity index (χ1n) is 8.91. The van der Waals surface area contributed by atoms with Gasteiger partial charge in [0.15, 0.2) is 0 Å². The molecular formula is C23H24FNO2. The molecule has 0 saturated carbocycles. The molecule has 0 saturated heterocycles. The van der Waals surface area contributed by atoms with Gasteiger partial charge in [-0.2, -0.15) is 0 Å². The summed E-state index contributed by atoms with van der Waals surface area (Å²) in [6.07, 6.45) is 0. The normalized spacial score (nSPS) is 11.9. The molecule has 3 aromatic carbocycles. The molecule has 0 bridgehead atoms. The molecule has 0 aliphatic rings. The second-order valence-corrected chi connectivity index (χ2v) is 6.42. The van der Waals surface area contributed by atoms with E-state index in [0.29, 0.717) is 6.54 Å². The molecule has 0 radical (unpaired) electrons. The van der Waals surface area contributed by atoms with E-state index < -0.39 is 0 Å². The van der Waals surface area contributed by atoms with Crippen molar-refractivity contribution >= 4 is 0 Å². The zero-order chi connectivity index (χ0) is 19.2. The number of benzene rings is 3. The van der Waals surface area contributed by atoms with E-state index in [2.05, 4.69) is 24.4 Å². The minimum Gasteiger partial charge on any atom is -0.497 e. The second kappa shape index (κ2) is 8.69. The van der Waals surface area contributed by atoms with Crippen molar-refractivity contribution in [1.29, 1.82) is 0 Å². The molecule has 4 heteroatoms. The number of nitrogens with one attached hydrogen (secondary N) is 1. The van der Waals surface area contributed by atoms with Crippen LogP contribution in [-0.4, -0.2) is 14.2 Å². The first-order valence-corrected chi connectivity index (χ1v) is 8.91. The Morgan fingerprint density at radius 3 is 2.41 bits per heavy atom. The van der Waals surface area contributed by atoms with Gasteiger partial charge in [0.25, 0.3) is 0 Å². The highest BCUT2D eigenvalue weighted by molar-refractivity contribution is 5.71. The van der Waals surface area contributed by atoms with Gasteiger partial charge in [0.05, 0.1) is 14.2 Å². The molecule has 140 valence electrons. The molecule has 0 fully saturated rings. The zero-order valence-corrected chi connectivity index (χ0v) is 15.8. The van der Waals surface area contributed by atoms with Crippen molar-refractivity contribution < 1.29 is 13.9 Å². The first-order chi connectivity index (χ1) is 13.1. The molecule has 0 heterocycles. The molecule has 0 aliphatic heterocycles. The van der Waals surface area contributed by atoms with Gasteiger partial charge in [-0.15, -0.1) is 0 Å². The minimum atomic E-state index is -0.248. The molecule has 0 spiro atoms. The SMILES string of the molecule is COc1cccc([C@@H](C)NCc2ccc(OC)c(-c3ccc(F)cc3)c2)c1. The zero-order valence-electron chi connectivity index (χ0n) is 15.8. The molecule has 3 nitrogen and oxygen atoms in total. The van der Waals surface area contributed by atoms with Gasteiger partial charge in [0.1, 0.15) is 17.3 Å². The third-order valence-electron chi connectivity index (χ3n) is 4.63. The highest BCUT2D eigenvalue weighted by Gasteiger charge is 2.10. The standard InChI is InChI=1S/C23H24FNO2/c1-16(19-5-4-6-21(14-19)26-2)25-15-17-7-12-23(27-3)22(13-17)18-8-10-20(24)11-9-18/h4-14,16,25H,15H2,1-3H3/t16-/m1/s1. The van der Waals surface area contributed by atoms with Crippen LogP contribution in [-0.2, 0) is 6.54 Å². The number of rotatable bonds is 7. The van der Waals surface area contributed by atoms with Crippen molar-refractivity contribution in [3.05, 3.63) is 83.7 Å². The van der Waals surface area contributed by atoms with E-state index in [1.807, 2.05) is 30.3 Å². The summed E-state index contributed by atoms with van der Waals surface area (Å²) < 4.78 is 24.0. The summed E-state index contributed by atoms with van der Waals surface area (Å²) in [5, 5.41) is 3.54. The average molecular weight is 365 g/mol. The molecule has 3 rings (SSSR count). The van der Waals surface area contributed by atoms with E-state index in [9.17, 15) is 4.39 Å². The maximum absolute atomic E-state index is 13.2. The lowest BCUT2D eigenvalue weighted by Crippen LogP contribution is -2.18. The fourth-order valence-corrected chi connectivity index (χ4v) is 3.02. The van der Waals surface area contributed by atoms with Crippen LogP contribution in [0.15, 0.2) is 66.7 Å². The Kier molecular flexibility index (Phi) is 6.09. The fraction of sp³-hybridized carbons (Fsp3) is 0.217. The monoisotopic (exact) mass is 365 g/mol.